The van der Waals surface area contributed by atoms with Crippen molar-refractivity contribution in [1.82, 2.24) is 20.0 Å². The number of unbranched alkanes of at least 4 members (excludes halogenated alkanes) is 1. The van der Waals surface area contributed by atoms with Gasteiger partial charge in [0.1, 0.15) is 0 Å². The third-order valence-electron chi connectivity index (χ3n) is 5.85. The Kier molecular flexibility index (Phi) is 11.6. The molecule has 0 radical (unpaired) electrons. The van der Waals surface area contributed by atoms with Gasteiger partial charge in [-0.2, -0.15) is 0 Å². The number of hydrogen-bond donors (Lipinski definition) is 1. The second-order valence-corrected chi connectivity index (χ2v) is 8.42. The van der Waals surface area contributed by atoms with Crippen LogP contribution in [-0.4, -0.2) is 99.7 Å². The van der Waals surface area contributed by atoms with E-state index in [0.717, 1.165) is 62.4 Å². The van der Waals surface area contributed by atoms with Gasteiger partial charge in [0.15, 0.2) is 5.96 Å². The highest BCUT2D eigenvalue weighted by Crippen LogP contribution is 2.26. The van der Waals surface area contributed by atoms with E-state index in [2.05, 4.69) is 51.0 Å². The Morgan fingerprint density at radius 1 is 1.00 bits per heavy atom. The van der Waals surface area contributed by atoms with Crippen LogP contribution in [0.3, 0.4) is 0 Å². The number of nitrogens with zero attached hydrogens (tertiary/aromatic N) is 5. The van der Waals surface area contributed by atoms with Crippen molar-refractivity contribution in [3.05, 3.63) is 29.3 Å². The van der Waals surface area contributed by atoms with Gasteiger partial charge in [-0.05, 0) is 45.5 Å². The Morgan fingerprint density at radius 3 is 2.37 bits per heavy atom. The van der Waals surface area contributed by atoms with Gasteiger partial charge in [0.25, 0.3) is 0 Å². The molecular weight excluding hydrogens is 511 g/mol. The highest BCUT2D eigenvalue weighted by Gasteiger charge is 2.21. The highest BCUT2D eigenvalue weighted by molar-refractivity contribution is 14.0. The minimum absolute atomic E-state index is 0. The standard InChI is InChI=1S/C22H37ClN6.HI/c1-3-24-22(25-10-6-7-11-27-14-12-26(2)13-15-27)29-18-16-28(17-19-29)21-9-5-4-8-20(21)23;/h4-5,8-9H,3,6-7,10-19H2,1-2H3,(H,24,25);1H. The SMILES string of the molecule is CCNC(=NCCCCN1CCN(C)CC1)N1CCN(c2ccccc2Cl)CC1.I. The third-order valence-corrected chi connectivity index (χ3v) is 6.17. The Bertz CT molecular complexity index is 642. The lowest BCUT2D eigenvalue weighted by Crippen LogP contribution is -2.52. The van der Waals surface area contributed by atoms with E-state index >= 15 is 0 Å². The van der Waals surface area contributed by atoms with E-state index < -0.39 is 0 Å². The number of piperazine rings is 2. The van der Waals surface area contributed by atoms with E-state index in [1.54, 1.807) is 0 Å². The van der Waals surface area contributed by atoms with Crippen molar-refractivity contribution in [3.63, 3.8) is 0 Å². The second-order valence-electron chi connectivity index (χ2n) is 8.01. The summed E-state index contributed by atoms with van der Waals surface area (Å²) in [7, 11) is 2.21. The maximum atomic E-state index is 6.37. The zero-order valence-corrected chi connectivity index (χ0v) is 21.6. The molecule has 2 aliphatic rings. The molecule has 0 unspecified atom stereocenters. The molecular formula is C22H38ClIN6. The largest absolute Gasteiger partial charge is 0.367 e. The van der Waals surface area contributed by atoms with Crippen molar-refractivity contribution in [3.8, 4) is 0 Å². The van der Waals surface area contributed by atoms with Crippen LogP contribution in [0.15, 0.2) is 29.3 Å². The first-order valence-electron chi connectivity index (χ1n) is 11.1. The second kappa shape index (κ2) is 13.6. The molecule has 30 heavy (non-hydrogen) atoms. The molecule has 2 fully saturated rings. The summed E-state index contributed by atoms with van der Waals surface area (Å²) in [4.78, 5) is 14.7. The maximum absolute atomic E-state index is 6.37. The summed E-state index contributed by atoms with van der Waals surface area (Å²) in [5, 5.41) is 4.31. The van der Waals surface area contributed by atoms with Gasteiger partial charge in [-0.1, -0.05) is 23.7 Å². The third kappa shape index (κ3) is 7.73. The Labute approximate surface area is 204 Å². The highest BCUT2D eigenvalue weighted by atomic mass is 127. The monoisotopic (exact) mass is 548 g/mol. The molecule has 1 N–H and O–H groups in total. The number of likely N-dealkylation sites (N-methyl/N-ethyl adjacent to an activating group) is 1. The van der Waals surface area contributed by atoms with Gasteiger partial charge in [-0.25, -0.2) is 0 Å². The first kappa shape index (κ1) is 25.5. The Balaban J connectivity index is 0.00000320. The molecule has 3 rings (SSSR count). The van der Waals surface area contributed by atoms with Gasteiger partial charge in [0.05, 0.1) is 10.7 Å². The van der Waals surface area contributed by atoms with E-state index in [9.17, 15) is 0 Å². The normalized spacial score (nSPS) is 19.0. The Morgan fingerprint density at radius 2 is 1.70 bits per heavy atom. The molecule has 0 aliphatic carbocycles. The number of rotatable bonds is 7. The number of benzene rings is 1. The molecule has 0 bridgehead atoms. The fourth-order valence-corrected chi connectivity index (χ4v) is 4.25. The fraction of sp³-hybridized carbons (Fsp3) is 0.682. The van der Waals surface area contributed by atoms with E-state index in [0.29, 0.717) is 0 Å². The predicted octanol–water partition coefficient (Wildman–Crippen LogP) is 3.07. The number of guanidine groups is 1. The summed E-state index contributed by atoms with van der Waals surface area (Å²) < 4.78 is 0. The smallest absolute Gasteiger partial charge is 0.194 e. The van der Waals surface area contributed by atoms with Crippen molar-refractivity contribution in [1.29, 1.82) is 0 Å². The van der Waals surface area contributed by atoms with E-state index in [1.165, 1.54) is 39.1 Å². The van der Waals surface area contributed by atoms with Gasteiger partial charge in [-0.3, -0.25) is 4.99 Å². The number of nitrogens with one attached hydrogen (secondary N) is 1. The number of anilines is 1. The molecule has 2 aliphatic heterocycles. The summed E-state index contributed by atoms with van der Waals surface area (Å²) in [6.07, 6.45) is 2.38. The van der Waals surface area contributed by atoms with Crippen LogP contribution in [0.4, 0.5) is 5.69 Å². The van der Waals surface area contributed by atoms with Crippen LogP contribution in [0.25, 0.3) is 0 Å². The zero-order valence-electron chi connectivity index (χ0n) is 18.5. The van der Waals surface area contributed by atoms with Crippen LogP contribution in [-0.2, 0) is 0 Å². The lowest BCUT2D eigenvalue weighted by Gasteiger charge is -2.38. The topological polar surface area (TPSA) is 37.4 Å². The van der Waals surface area contributed by atoms with Crippen LogP contribution >= 0.6 is 35.6 Å². The van der Waals surface area contributed by atoms with Gasteiger partial charge >= 0.3 is 0 Å². The van der Waals surface area contributed by atoms with E-state index in [4.69, 9.17) is 16.6 Å². The minimum Gasteiger partial charge on any atom is -0.367 e. The van der Waals surface area contributed by atoms with Crippen molar-refractivity contribution < 1.29 is 0 Å². The number of halogens is 2. The van der Waals surface area contributed by atoms with Crippen LogP contribution < -0.4 is 10.2 Å². The van der Waals surface area contributed by atoms with Crippen molar-refractivity contribution in [2.45, 2.75) is 19.8 Å². The molecule has 1 aromatic carbocycles. The van der Waals surface area contributed by atoms with Crippen LogP contribution in [0, 0.1) is 0 Å². The number of para-hydroxylation sites is 1. The van der Waals surface area contributed by atoms with Crippen molar-refractivity contribution >= 4 is 47.2 Å². The van der Waals surface area contributed by atoms with Gasteiger partial charge < -0.3 is 24.9 Å². The van der Waals surface area contributed by atoms with Gasteiger partial charge in [0, 0.05) is 65.4 Å². The van der Waals surface area contributed by atoms with Crippen molar-refractivity contribution in [2.75, 3.05) is 83.9 Å². The Hall–Kier alpha value is -0.770. The molecule has 0 saturated carbocycles. The first-order chi connectivity index (χ1) is 14.2. The molecule has 6 nitrogen and oxygen atoms in total. The molecule has 0 atom stereocenters. The average molecular weight is 549 g/mol. The van der Waals surface area contributed by atoms with Crippen LogP contribution in [0.2, 0.25) is 5.02 Å². The molecule has 0 spiro atoms. The quantitative estimate of drug-likeness (QED) is 0.245. The zero-order chi connectivity index (χ0) is 20.5. The van der Waals surface area contributed by atoms with Gasteiger partial charge in [0.2, 0.25) is 0 Å². The van der Waals surface area contributed by atoms with Crippen LogP contribution in [0.1, 0.15) is 19.8 Å². The molecule has 2 heterocycles. The van der Waals surface area contributed by atoms with Crippen LogP contribution in [0.5, 0.6) is 0 Å². The summed E-state index contributed by atoms with van der Waals surface area (Å²) in [6.45, 7) is 13.8. The number of hydrogen-bond acceptors (Lipinski definition) is 4. The molecule has 1 aromatic rings. The molecule has 0 amide bonds. The first-order valence-corrected chi connectivity index (χ1v) is 11.5. The molecule has 8 heteroatoms. The van der Waals surface area contributed by atoms with Gasteiger partial charge in [-0.15, -0.1) is 24.0 Å². The predicted molar refractivity (Wildman–Crippen MR) is 140 cm³/mol. The lowest BCUT2D eigenvalue weighted by molar-refractivity contribution is 0.152. The number of aliphatic imine (C=N–C) groups is 1. The minimum atomic E-state index is 0. The summed E-state index contributed by atoms with van der Waals surface area (Å²) >= 11 is 6.37. The summed E-state index contributed by atoms with van der Waals surface area (Å²) in [5.74, 6) is 1.06. The van der Waals surface area contributed by atoms with E-state index in [-0.39, 0.29) is 24.0 Å². The molecule has 170 valence electrons. The average Bonchev–Trinajstić information content (AvgIpc) is 2.75. The summed E-state index contributed by atoms with van der Waals surface area (Å²) in [5.41, 5.74) is 1.14. The fourth-order valence-electron chi connectivity index (χ4n) is 4.00. The molecule has 0 aromatic heterocycles. The maximum Gasteiger partial charge on any atom is 0.194 e. The van der Waals surface area contributed by atoms with Crippen molar-refractivity contribution in [2.24, 2.45) is 4.99 Å². The summed E-state index contributed by atoms with van der Waals surface area (Å²) in [6, 6.07) is 8.12. The van der Waals surface area contributed by atoms with E-state index in [1.807, 2.05) is 12.1 Å². The molecule has 2 saturated heterocycles. The lowest BCUT2D eigenvalue weighted by atomic mass is 10.2.